The highest BCUT2D eigenvalue weighted by Crippen LogP contribution is 2.29. The maximum absolute atomic E-state index is 12.6. The maximum Gasteiger partial charge on any atom is 0.416 e. The lowest BCUT2D eigenvalue weighted by molar-refractivity contribution is -0.137. The number of carboxylic acids is 1. The Morgan fingerprint density at radius 3 is 2.52 bits per heavy atom. The average molecular weight is 301 g/mol. The number of hydrogen-bond donors (Lipinski definition) is 1. The summed E-state index contributed by atoms with van der Waals surface area (Å²) in [5, 5.41) is 12.7. The van der Waals surface area contributed by atoms with Crippen molar-refractivity contribution in [2.75, 3.05) is 0 Å². The number of rotatable bonds is 4. The van der Waals surface area contributed by atoms with Crippen LogP contribution in [-0.2, 0) is 15.8 Å². The van der Waals surface area contributed by atoms with Crippen LogP contribution in [0.2, 0.25) is 0 Å². The summed E-state index contributed by atoms with van der Waals surface area (Å²) < 4.78 is 37.9. The Bertz CT molecular complexity index is 549. The van der Waals surface area contributed by atoms with E-state index < -0.39 is 23.4 Å². The number of hydrogen-bond acceptors (Lipinski definition) is 3. The highest BCUT2D eigenvalue weighted by molar-refractivity contribution is 6.42. The zero-order chi connectivity index (χ0) is 15.5. The molecule has 0 heterocycles. The normalized spacial score (nSPS) is 17.0. The van der Waals surface area contributed by atoms with E-state index in [1.807, 2.05) is 0 Å². The van der Waals surface area contributed by atoms with Crippen molar-refractivity contribution < 1.29 is 27.9 Å². The van der Waals surface area contributed by atoms with E-state index in [2.05, 4.69) is 5.16 Å². The summed E-state index contributed by atoms with van der Waals surface area (Å²) in [7, 11) is 0. The van der Waals surface area contributed by atoms with Gasteiger partial charge in [-0.3, -0.25) is 0 Å². The first-order chi connectivity index (χ1) is 9.88. The summed E-state index contributed by atoms with van der Waals surface area (Å²) in [6.07, 6.45) is -1.19. The summed E-state index contributed by atoms with van der Waals surface area (Å²) in [6, 6.07) is 4.04. The molecule has 0 aromatic heterocycles. The second kappa shape index (κ2) is 6.15. The van der Waals surface area contributed by atoms with Gasteiger partial charge in [-0.2, -0.15) is 13.2 Å². The summed E-state index contributed by atoms with van der Waals surface area (Å²) in [5.41, 5.74) is -1.57. The van der Waals surface area contributed by atoms with Gasteiger partial charge in [0.15, 0.2) is 5.71 Å². The molecule has 1 aromatic carbocycles. The van der Waals surface area contributed by atoms with E-state index in [4.69, 9.17) is 9.94 Å². The topological polar surface area (TPSA) is 58.9 Å². The molecule has 0 saturated heterocycles. The molecule has 1 fully saturated rings. The van der Waals surface area contributed by atoms with Gasteiger partial charge in [-0.25, -0.2) is 4.79 Å². The summed E-state index contributed by atoms with van der Waals surface area (Å²) in [5.74, 6) is -1.42. The van der Waals surface area contributed by atoms with Crippen molar-refractivity contribution in [3.05, 3.63) is 35.4 Å². The van der Waals surface area contributed by atoms with Crippen LogP contribution in [0.15, 0.2) is 29.4 Å². The minimum Gasteiger partial charge on any atom is -0.476 e. The van der Waals surface area contributed by atoms with Crippen molar-refractivity contribution in [2.24, 2.45) is 5.16 Å². The largest absolute Gasteiger partial charge is 0.476 e. The molecule has 2 rings (SSSR count). The molecule has 4 nitrogen and oxygen atoms in total. The van der Waals surface area contributed by atoms with Crippen LogP contribution in [0.1, 0.15) is 36.8 Å². The molecular formula is C14H14F3NO3. The Morgan fingerprint density at radius 1 is 1.29 bits per heavy atom. The van der Waals surface area contributed by atoms with Crippen LogP contribution in [0.3, 0.4) is 0 Å². The van der Waals surface area contributed by atoms with Gasteiger partial charge in [0.25, 0.3) is 0 Å². The maximum atomic E-state index is 12.6. The van der Waals surface area contributed by atoms with Gasteiger partial charge < -0.3 is 9.94 Å². The molecule has 1 aliphatic rings. The molecule has 0 aliphatic heterocycles. The van der Waals surface area contributed by atoms with E-state index >= 15 is 0 Å². The first-order valence-corrected chi connectivity index (χ1v) is 6.52. The zero-order valence-electron chi connectivity index (χ0n) is 11.1. The van der Waals surface area contributed by atoms with Crippen molar-refractivity contribution in [2.45, 2.75) is 38.0 Å². The Hall–Kier alpha value is -2.05. The number of benzene rings is 1. The standard InChI is InChI=1S/C14H14F3NO3/c15-14(16,17)10-5-3-4-9(8-10)12(13(19)20)18-21-11-6-1-2-7-11/h3-5,8,11H,1-2,6-7H2,(H,19,20). The van der Waals surface area contributed by atoms with Gasteiger partial charge in [0.05, 0.1) is 5.56 Å². The number of carboxylic acid groups (broad SMARTS) is 1. The van der Waals surface area contributed by atoms with Crippen LogP contribution in [0, 0.1) is 0 Å². The fourth-order valence-corrected chi connectivity index (χ4v) is 2.18. The van der Waals surface area contributed by atoms with Crippen LogP contribution in [0.4, 0.5) is 13.2 Å². The highest BCUT2D eigenvalue weighted by atomic mass is 19.4. The van der Waals surface area contributed by atoms with Crippen LogP contribution >= 0.6 is 0 Å². The van der Waals surface area contributed by atoms with Gasteiger partial charge >= 0.3 is 12.1 Å². The number of carbonyl (C=O) groups is 1. The van der Waals surface area contributed by atoms with Crippen molar-refractivity contribution in [3.63, 3.8) is 0 Å². The van der Waals surface area contributed by atoms with Gasteiger partial charge in [0.2, 0.25) is 0 Å². The van der Waals surface area contributed by atoms with Crippen molar-refractivity contribution in [3.8, 4) is 0 Å². The molecule has 0 bridgehead atoms. The molecule has 0 unspecified atom stereocenters. The van der Waals surface area contributed by atoms with E-state index in [9.17, 15) is 18.0 Å². The predicted octanol–water partition coefficient (Wildman–Crippen LogP) is 3.45. The fourth-order valence-electron chi connectivity index (χ4n) is 2.18. The average Bonchev–Trinajstić information content (AvgIpc) is 2.91. The second-order valence-corrected chi connectivity index (χ2v) is 4.84. The highest BCUT2D eigenvalue weighted by Gasteiger charge is 2.31. The Balaban J connectivity index is 2.25. The first kappa shape index (κ1) is 15.3. The van der Waals surface area contributed by atoms with Crippen LogP contribution in [0.5, 0.6) is 0 Å². The number of alkyl halides is 3. The molecular weight excluding hydrogens is 287 g/mol. The Labute approximate surface area is 119 Å². The Morgan fingerprint density at radius 2 is 1.95 bits per heavy atom. The van der Waals surface area contributed by atoms with Crippen molar-refractivity contribution >= 4 is 11.7 Å². The fraction of sp³-hybridized carbons (Fsp3) is 0.429. The molecule has 21 heavy (non-hydrogen) atoms. The SMILES string of the molecule is O=C(O)C(=NOC1CCCC1)c1cccc(C(F)(F)F)c1. The molecule has 0 radical (unpaired) electrons. The van der Waals surface area contributed by atoms with E-state index in [0.717, 1.165) is 43.9 Å². The Kier molecular flexibility index (Phi) is 4.50. The van der Waals surface area contributed by atoms with Crippen LogP contribution in [-0.4, -0.2) is 22.9 Å². The van der Waals surface area contributed by atoms with Crippen molar-refractivity contribution in [1.29, 1.82) is 0 Å². The molecule has 0 spiro atoms. The predicted molar refractivity (Wildman–Crippen MR) is 69.0 cm³/mol. The van der Waals surface area contributed by atoms with Gasteiger partial charge in [-0.05, 0) is 37.8 Å². The van der Waals surface area contributed by atoms with Gasteiger partial charge in [0, 0.05) is 5.56 Å². The lowest BCUT2D eigenvalue weighted by atomic mass is 10.1. The number of nitrogens with zero attached hydrogens (tertiary/aromatic N) is 1. The van der Waals surface area contributed by atoms with Gasteiger partial charge in [-0.1, -0.05) is 17.3 Å². The van der Waals surface area contributed by atoms with Gasteiger partial charge in [-0.15, -0.1) is 0 Å². The minimum absolute atomic E-state index is 0.129. The van der Waals surface area contributed by atoms with E-state index in [1.165, 1.54) is 6.07 Å². The number of halogens is 3. The molecule has 1 aliphatic carbocycles. The molecule has 1 N–H and O–H groups in total. The summed E-state index contributed by atoms with van der Waals surface area (Å²) in [4.78, 5) is 16.3. The summed E-state index contributed by atoms with van der Waals surface area (Å²) in [6.45, 7) is 0. The third kappa shape index (κ3) is 3.96. The smallest absolute Gasteiger partial charge is 0.416 e. The third-order valence-electron chi connectivity index (χ3n) is 3.26. The monoisotopic (exact) mass is 301 g/mol. The quantitative estimate of drug-likeness (QED) is 0.684. The molecule has 1 aromatic rings. The van der Waals surface area contributed by atoms with Crippen LogP contribution < -0.4 is 0 Å². The first-order valence-electron chi connectivity index (χ1n) is 6.52. The third-order valence-corrected chi connectivity index (χ3v) is 3.26. The molecule has 0 amide bonds. The lowest BCUT2D eigenvalue weighted by Gasteiger charge is -2.10. The second-order valence-electron chi connectivity index (χ2n) is 4.84. The molecule has 114 valence electrons. The zero-order valence-corrected chi connectivity index (χ0v) is 11.1. The van der Waals surface area contributed by atoms with Gasteiger partial charge in [0.1, 0.15) is 6.10 Å². The van der Waals surface area contributed by atoms with Crippen LogP contribution in [0.25, 0.3) is 0 Å². The van der Waals surface area contributed by atoms with E-state index in [1.54, 1.807) is 0 Å². The summed E-state index contributed by atoms with van der Waals surface area (Å²) >= 11 is 0. The van der Waals surface area contributed by atoms with E-state index in [-0.39, 0.29) is 11.7 Å². The lowest BCUT2D eigenvalue weighted by Crippen LogP contribution is -2.18. The molecule has 0 atom stereocenters. The molecule has 1 saturated carbocycles. The molecule has 7 heteroatoms. The minimum atomic E-state index is -4.54. The number of aliphatic carboxylic acids is 1. The van der Waals surface area contributed by atoms with Crippen molar-refractivity contribution in [1.82, 2.24) is 0 Å². The van der Waals surface area contributed by atoms with E-state index in [0.29, 0.717) is 0 Å². The number of oxime groups is 1.